The molecule has 0 aliphatic heterocycles. The van der Waals surface area contributed by atoms with E-state index < -0.39 is 0 Å². The lowest BCUT2D eigenvalue weighted by Gasteiger charge is -2.15. The van der Waals surface area contributed by atoms with Crippen molar-refractivity contribution >= 4 is 34.6 Å². The molecule has 0 atom stereocenters. The van der Waals surface area contributed by atoms with Gasteiger partial charge in [-0.15, -0.1) is 0 Å². The molecule has 5 nitrogen and oxygen atoms in total. The summed E-state index contributed by atoms with van der Waals surface area (Å²) in [5.74, 6) is 0.311. The summed E-state index contributed by atoms with van der Waals surface area (Å²) < 4.78 is 5.74. The summed E-state index contributed by atoms with van der Waals surface area (Å²) in [5.41, 5.74) is 2.53. The fourth-order valence-corrected chi connectivity index (χ4v) is 2.57. The molecular formula is C21H20ClN3O2. The van der Waals surface area contributed by atoms with Gasteiger partial charge in [0.1, 0.15) is 11.4 Å². The second kappa shape index (κ2) is 8.56. The van der Waals surface area contributed by atoms with E-state index in [-0.39, 0.29) is 12.0 Å². The predicted octanol–water partition coefficient (Wildman–Crippen LogP) is 5.52. The van der Waals surface area contributed by atoms with Crippen LogP contribution < -0.4 is 15.4 Å². The maximum absolute atomic E-state index is 12.6. The first-order valence-electron chi connectivity index (χ1n) is 8.57. The average Bonchev–Trinajstić information content (AvgIpc) is 2.65. The summed E-state index contributed by atoms with van der Waals surface area (Å²) >= 11 is 5.90. The maximum atomic E-state index is 12.6. The number of ether oxygens (including phenoxy) is 1. The van der Waals surface area contributed by atoms with Crippen molar-refractivity contribution in [1.82, 2.24) is 4.98 Å². The van der Waals surface area contributed by atoms with Crippen LogP contribution in [0.2, 0.25) is 5.02 Å². The number of halogens is 1. The molecule has 2 N–H and O–H groups in total. The summed E-state index contributed by atoms with van der Waals surface area (Å²) in [6, 6.07) is 18.1. The molecule has 0 aliphatic rings. The topological polar surface area (TPSA) is 63.2 Å². The summed E-state index contributed by atoms with van der Waals surface area (Å²) in [6.07, 6.45) is 1.59. The maximum Gasteiger partial charge on any atom is 0.274 e. The van der Waals surface area contributed by atoms with Gasteiger partial charge in [0.25, 0.3) is 5.91 Å². The van der Waals surface area contributed by atoms with Gasteiger partial charge in [-0.05, 0) is 62.4 Å². The van der Waals surface area contributed by atoms with E-state index in [2.05, 4.69) is 15.6 Å². The third kappa shape index (κ3) is 5.21. The third-order valence-electron chi connectivity index (χ3n) is 3.62. The van der Waals surface area contributed by atoms with Crippen LogP contribution in [0.15, 0.2) is 66.9 Å². The molecule has 0 saturated carbocycles. The van der Waals surface area contributed by atoms with E-state index in [1.54, 1.807) is 36.5 Å². The number of anilines is 3. The molecule has 0 radical (unpaired) electrons. The van der Waals surface area contributed by atoms with Crippen molar-refractivity contribution in [3.63, 3.8) is 0 Å². The van der Waals surface area contributed by atoms with Crippen molar-refractivity contribution in [2.75, 3.05) is 10.6 Å². The van der Waals surface area contributed by atoms with Gasteiger partial charge in [-0.1, -0.05) is 23.7 Å². The van der Waals surface area contributed by atoms with E-state index in [0.717, 1.165) is 11.4 Å². The zero-order valence-electron chi connectivity index (χ0n) is 15.1. The van der Waals surface area contributed by atoms with Crippen molar-refractivity contribution in [3.8, 4) is 5.75 Å². The average molecular weight is 382 g/mol. The predicted molar refractivity (Wildman–Crippen MR) is 109 cm³/mol. The van der Waals surface area contributed by atoms with Crippen LogP contribution in [0.1, 0.15) is 24.3 Å². The summed E-state index contributed by atoms with van der Waals surface area (Å²) in [6.45, 7) is 3.87. The largest absolute Gasteiger partial charge is 0.489 e. The molecule has 1 aromatic heterocycles. The van der Waals surface area contributed by atoms with E-state index in [1.807, 2.05) is 44.2 Å². The molecule has 0 fully saturated rings. The molecule has 6 heteroatoms. The summed E-state index contributed by atoms with van der Waals surface area (Å²) in [5, 5.41) is 6.75. The van der Waals surface area contributed by atoms with Crippen molar-refractivity contribution in [3.05, 3.63) is 77.6 Å². The number of carbonyl (C=O) groups excluding carboxylic acids is 1. The van der Waals surface area contributed by atoms with Crippen LogP contribution in [0.25, 0.3) is 0 Å². The molecule has 2 aromatic carbocycles. The number of amides is 1. The molecule has 0 bridgehead atoms. The van der Waals surface area contributed by atoms with Gasteiger partial charge in [0.05, 0.1) is 11.8 Å². The summed E-state index contributed by atoms with van der Waals surface area (Å²) in [7, 11) is 0. The Balaban J connectivity index is 1.75. The van der Waals surface area contributed by atoms with Gasteiger partial charge in [-0.25, -0.2) is 0 Å². The molecule has 0 saturated heterocycles. The molecule has 27 heavy (non-hydrogen) atoms. The normalized spacial score (nSPS) is 10.5. The Labute approximate surface area is 163 Å². The highest BCUT2D eigenvalue weighted by Gasteiger charge is 2.12. The molecule has 0 aliphatic carbocycles. The SMILES string of the molecule is CC(C)Oc1ccccc1NC(=O)c1cc(Nc2ccc(Cl)cc2)ccn1. The second-order valence-electron chi connectivity index (χ2n) is 6.18. The highest BCUT2D eigenvalue weighted by molar-refractivity contribution is 6.30. The van der Waals surface area contributed by atoms with E-state index >= 15 is 0 Å². The first-order valence-corrected chi connectivity index (χ1v) is 8.95. The first kappa shape index (κ1) is 18.7. The lowest BCUT2D eigenvalue weighted by Crippen LogP contribution is -2.15. The third-order valence-corrected chi connectivity index (χ3v) is 3.88. The Morgan fingerprint density at radius 3 is 2.52 bits per heavy atom. The zero-order chi connectivity index (χ0) is 19.2. The first-order chi connectivity index (χ1) is 13.0. The monoisotopic (exact) mass is 381 g/mol. The summed E-state index contributed by atoms with van der Waals surface area (Å²) in [4.78, 5) is 16.8. The zero-order valence-corrected chi connectivity index (χ0v) is 15.8. The Kier molecular flexibility index (Phi) is 5.94. The number of nitrogens with one attached hydrogen (secondary N) is 2. The number of benzene rings is 2. The van der Waals surface area contributed by atoms with Crippen molar-refractivity contribution in [2.24, 2.45) is 0 Å². The van der Waals surface area contributed by atoms with Gasteiger partial charge < -0.3 is 15.4 Å². The van der Waals surface area contributed by atoms with E-state index in [1.165, 1.54) is 0 Å². The minimum Gasteiger partial charge on any atom is -0.489 e. The van der Waals surface area contributed by atoms with Crippen molar-refractivity contribution in [2.45, 2.75) is 20.0 Å². The molecule has 1 amide bonds. The van der Waals surface area contributed by atoms with Crippen LogP contribution >= 0.6 is 11.6 Å². The number of pyridine rings is 1. The van der Waals surface area contributed by atoms with Gasteiger partial charge in [0.15, 0.2) is 0 Å². The molecule has 138 valence electrons. The Morgan fingerprint density at radius 2 is 1.78 bits per heavy atom. The van der Waals surface area contributed by atoms with Crippen LogP contribution in [0.3, 0.4) is 0 Å². The van der Waals surface area contributed by atoms with Crippen LogP contribution in [-0.4, -0.2) is 17.0 Å². The van der Waals surface area contributed by atoms with E-state index in [9.17, 15) is 4.79 Å². The van der Waals surface area contributed by atoms with Crippen LogP contribution in [0.5, 0.6) is 5.75 Å². The van der Waals surface area contributed by atoms with Crippen molar-refractivity contribution < 1.29 is 9.53 Å². The van der Waals surface area contributed by atoms with Gasteiger partial charge >= 0.3 is 0 Å². The lowest BCUT2D eigenvalue weighted by atomic mass is 10.2. The number of hydrogen-bond acceptors (Lipinski definition) is 4. The number of aromatic nitrogens is 1. The Bertz CT molecular complexity index is 927. The molecule has 3 aromatic rings. The second-order valence-corrected chi connectivity index (χ2v) is 6.61. The molecule has 0 unspecified atom stereocenters. The Morgan fingerprint density at radius 1 is 1.04 bits per heavy atom. The van der Waals surface area contributed by atoms with Gasteiger partial charge in [-0.2, -0.15) is 0 Å². The smallest absolute Gasteiger partial charge is 0.274 e. The fourth-order valence-electron chi connectivity index (χ4n) is 2.45. The number of para-hydroxylation sites is 2. The lowest BCUT2D eigenvalue weighted by molar-refractivity contribution is 0.102. The highest BCUT2D eigenvalue weighted by Crippen LogP contribution is 2.26. The number of nitrogens with zero attached hydrogens (tertiary/aromatic N) is 1. The van der Waals surface area contributed by atoms with Crippen LogP contribution in [-0.2, 0) is 0 Å². The van der Waals surface area contributed by atoms with E-state index in [4.69, 9.17) is 16.3 Å². The van der Waals surface area contributed by atoms with Gasteiger partial charge in [-0.3, -0.25) is 9.78 Å². The van der Waals surface area contributed by atoms with Gasteiger partial charge in [0, 0.05) is 22.6 Å². The van der Waals surface area contributed by atoms with Crippen molar-refractivity contribution in [1.29, 1.82) is 0 Å². The van der Waals surface area contributed by atoms with E-state index in [0.29, 0.717) is 22.2 Å². The molecule has 0 spiro atoms. The fraction of sp³-hybridized carbons (Fsp3) is 0.143. The Hall–Kier alpha value is -3.05. The minimum atomic E-state index is -0.311. The minimum absolute atomic E-state index is 0.00748. The standard InChI is InChI=1S/C21H20ClN3O2/c1-14(2)27-20-6-4-3-5-18(20)25-21(26)19-13-17(11-12-23-19)24-16-9-7-15(22)8-10-16/h3-14H,1-2H3,(H,23,24)(H,25,26). The molecular weight excluding hydrogens is 362 g/mol. The van der Waals surface area contributed by atoms with Gasteiger partial charge in [0.2, 0.25) is 0 Å². The van der Waals surface area contributed by atoms with Crippen LogP contribution in [0.4, 0.5) is 17.1 Å². The molecule has 3 rings (SSSR count). The molecule has 1 heterocycles. The number of carbonyl (C=O) groups is 1. The van der Waals surface area contributed by atoms with Crippen LogP contribution in [0, 0.1) is 0 Å². The number of rotatable bonds is 6. The number of hydrogen-bond donors (Lipinski definition) is 2. The quantitative estimate of drug-likeness (QED) is 0.590. The highest BCUT2D eigenvalue weighted by atomic mass is 35.5.